The number of methoxy groups -OCH3 is 1. The van der Waals surface area contributed by atoms with E-state index in [9.17, 15) is 0 Å². The van der Waals surface area contributed by atoms with Crippen molar-refractivity contribution in [1.29, 1.82) is 0 Å². The maximum absolute atomic E-state index is 6.00. The minimum absolute atomic E-state index is 0. The summed E-state index contributed by atoms with van der Waals surface area (Å²) in [6, 6.07) is 8.18. The van der Waals surface area contributed by atoms with Gasteiger partial charge in [-0.2, -0.15) is 0 Å². The molecule has 1 aliphatic carbocycles. The van der Waals surface area contributed by atoms with Crippen LogP contribution in [-0.4, -0.2) is 51.6 Å². The number of nitrogens with zero attached hydrogens (tertiary/aromatic N) is 1. The summed E-state index contributed by atoms with van der Waals surface area (Å²) >= 11 is 0. The van der Waals surface area contributed by atoms with E-state index in [2.05, 4.69) is 23.6 Å². The van der Waals surface area contributed by atoms with Crippen LogP contribution in [0.15, 0.2) is 29.3 Å². The second-order valence-corrected chi connectivity index (χ2v) is 7.41. The maximum atomic E-state index is 6.00. The van der Waals surface area contributed by atoms with Crippen LogP contribution in [0.3, 0.4) is 0 Å². The molecule has 2 fully saturated rings. The minimum Gasteiger partial charge on any atom is -0.493 e. The molecule has 1 aromatic carbocycles. The second-order valence-electron chi connectivity index (χ2n) is 7.41. The molecule has 0 spiro atoms. The number of benzene rings is 1. The van der Waals surface area contributed by atoms with Crippen molar-refractivity contribution in [2.75, 3.05) is 40.0 Å². The van der Waals surface area contributed by atoms with E-state index >= 15 is 0 Å². The van der Waals surface area contributed by atoms with Crippen molar-refractivity contribution < 1.29 is 14.2 Å². The van der Waals surface area contributed by atoms with Gasteiger partial charge in [0.25, 0.3) is 0 Å². The molecule has 158 valence electrons. The SMILES string of the molecule is CCNC(=NCc1ccccc1OCC1CC1)NCC1(OC)CCOCC1.I. The number of hydrogen-bond donors (Lipinski definition) is 2. The fourth-order valence-corrected chi connectivity index (χ4v) is 3.21. The molecule has 1 heterocycles. The molecule has 0 atom stereocenters. The van der Waals surface area contributed by atoms with Gasteiger partial charge >= 0.3 is 0 Å². The summed E-state index contributed by atoms with van der Waals surface area (Å²) in [5.74, 6) is 2.49. The van der Waals surface area contributed by atoms with Crippen LogP contribution in [0.5, 0.6) is 5.75 Å². The van der Waals surface area contributed by atoms with Crippen molar-refractivity contribution in [2.24, 2.45) is 10.9 Å². The Kier molecular flexibility index (Phi) is 9.81. The third-order valence-electron chi connectivity index (χ3n) is 5.31. The van der Waals surface area contributed by atoms with Gasteiger partial charge in [-0.05, 0) is 31.7 Å². The van der Waals surface area contributed by atoms with Crippen LogP contribution in [0.2, 0.25) is 0 Å². The van der Waals surface area contributed by atoms with Crippen LogP contribution in [0, 0.1) is 5.92 Å². The van der Waals surface area contributed by atoms with Crippen LogP contribution < -0.4 is 15.4 Å². The minimum atomic E-state index is -0.181. The van der Waals surface area contributed by atoms with Gasteiger partial charge in [0.05, 0.1) is 18.8 Å². The van der Waals surface area contributed by atoms with E-state index in [0.717, 1.165) is 68.9 Å². The fraction of sp³-hybridized carbons (Fsp3) is 0.667. The molecule has 1 saturated heterocycles. The van der Waals surface area contributed by atoms with E-state index in [4.69, 9.17) is 19.2 Å². The van der Waals surface area contributed by atoms with Crippen molar-refractivity contribution in [3.8, 4) is 5.75 Å². The zero-order valence-corrected chi connectivity index (χ0v) is 19.4. The third-order valence-corrected chi connectivity index (χ3v) is 5.31. The van der Waals surface area contributed by atoms with Gasteiger partial charge in [0, 0.05) is 51.8 Å². The first kappa shape index (κ1) is 23.2. The summed E-state index contributed by atoms with van der Waals surface area (Å²) in [6.07, 6.45) is 4.38. The van der Waals surface area contributed by atoms with E-state index in [1.807, 2.05) is 18.2 Å². The van der Waals surface area contributed by atoms with Crippen molar-refractivity contribution in [1.82, 2.24) is 10.6 Å². The first-order valence-corrected chi connectivity index (χ1v) is 10.1. The average Bonchev–Trinajstić information content (AvgIpc) is 3.54. The zero-order chi connectivity index (χ0) is 19.0. The fourth-order valence-electron chi connectivity index (χ4n) is 3.21. The lowest BCUT2D eigenvalue weighted by Gasteiger charge is -2.36. The highest BCUT2D eigenvalue weighted by Gasteiger charge is 2.32. The summed E-state index contributed by atoms with van der Waals surface area (Å²) in [4.78, 5) is 4.76. The molecule has 0 amide bonds. The molecule has 28 heavy (non-hydrogen) atoms. The van der Waals surface area contributed by atoms with Crippen LogP contribution in [0.4, 0.5) is 0 Å². The molecular formula is C21H34IN3O3. The van der Waals surface area contributed by atoms with Crippen LogP contribution >= 0.6 is 24.0 Å². The topological polar surface area (TPSA) is 64.1 Å². The van der Waals surface area contributed by atoms with Crippen molar-refractivity contribution in [3.63, 3.8) is 0 Å². The first-order valence-electron chi connectivity index (χ1n) is 10.1. The predicted molar refractivity (Wildman–Crippen MR) is 123 cm³/mol. The highest BCUT2D eigenvalue weighted by molar-refractivity contribution is 14.0. The Balaban J connectivity index is 0.00000280. The summed E-state index contributed by atoms with van der Waals surface area (Å²) < 4.78 is 17.3. The van der Waals surface area contributed by atoms with Crippen LogP contribution in [0.25, 0.3) is 0 Å². The lowest BCUT2D eigenvalue weighted by Crippen LogP contribution is -2.50. The van der Waals surface area contributed by atoms with Crippen molar-refractivity contribution in [2.45, 2.75) is 44.8 Å². The Morgan fingerprint density at radius 2 is 1.96 bits per heavy atom. The van der Waals surface area contributed by atoms with Crippen LogP contribution in [-0.2, 0) is 16.0 Å². The van der Waals surface area contributed by atoms with Gasteiger partial charge in [-0.1, -0.05) is 18.2 Å². The van der Waals surface area contributed by atoms with Crippen molar-refractivity contribution >= 4 is 29.9 Å². The highest BCUT2D eigenvalue weighted by atomic mass is 127. The largest absolute Gasteiger partial charge is 0.493 e. The smallest absolute Gasteiger partial charge is 0.191 e. The quantitative estimate of drug-likeness (QED) is 0.308. The Bertz CT molecular complexity index is 617. The summed E-state index contributed by atoms with van der Waals surface area (Å²) in [5.41, 5.74) is 0.933. The Labute approximate surface area is 185 Å². The van der Waals surface area contributed by atoms with E-state index in [1.165, 1.54) is 12.8 Å². The van der Waals surface area contributed by atoms with Crippen LogP contribution in [0.1, 0.15) is 38.2 Å². The maximum Gasteiger partial charge on any atom is 0.191 e. The van der Waals surface area contributed by atoms with Gasteiger partial charge in [-0.15, -0.1) is 24.0 Å². The normalized spacial score (nSPS) is 18.9. The average molecular weight is 503 g/mol. The predicted octanol–water partition coefficient (Wildman–Crippen LogP) is 3.34. The summed E-state index contributed by atoms with van der Waals surface area (Å²) in [6.45, 7) is 6.50. The van der Waals surface area contributed by atoms with E-state index in [0.29, 0.717) is 6.54 Å². The van der Waals surface area contributed by atoms with E-state index in [1.54, 1.807) is 7.11 Å². The molecule has 7 heteroatoms. The Morgan fingerprint density at radius 1 is 1.21 bits per heavy atom. The Morgan fingerprint density at radius 3 is 2.64 bits per heavy atom. The number of ether oxygens (including phenoxy) is 3. The highest BCUT2D eigenvalue weighted by Crippen LogP contribution is 2.30. The molecule has 1 aliphatic heterocycles. The number of para-hydroxylation sites is 1. The van der Waals surface area contributed by atoms with Gasteiger partial charge in [0.15, 0.2) is 5.96 Å². The number of rotatable bonds is 9. The standard InChI is InChI=1S/C21H33N3O3.HI/c1-3-22-20(24-16-21(25-2)10-12-26-13-11-21)23-14-18-6-4-5-7-19(18)27-15-17-8-9-17;/h4-7,17H,3,8-16H2,1-2H3,(H2,22,23,24);1H. The third kappa shape index (κ3) is 7.08. The number of halogens is 1. The number of aliphatic imine (C=N–C) groups is 1. The van der Waals surface area contributed by atoms with Gasteiger partial charge in [0.2, 0.25) is 0 Å². The molecular weight excluding hydrogens is 469 g/mol. The molecule has 0 bridgehead atoms. The monoisotopic (exact) mass is 503 g/mol. The number of guanidine groups is 1. The first-order chi connectivity index (χ1) is 13.2. The number of hydrogen-bond acceptors (Lipinski definition) is 4. The number of nitrogens with one attached hydrogen (secondary N) is 2. The summed E-state index contributed by atoms with van der Waals surface area (Å²) in [7, 11) is 1.78. The van der Waals surface area contributed by atoms with Gasteiger partial charge in [0.1, 0.15) is 5.75 Å². The van der Waals surface area contributed by atoms with Gasteiger partial charge in [-0.25, -0.2) is 4.99 Å². The molecule has 0 aromatic heterocycles. The lowest BCUT2D eigenvalue weighted by atomic mass is 9.94. The molecule has 1 saturated carbocycles. The second kappa shape index (κ2) is 11.8. The molecule has 2 N–H and O–H groups in total. The molecule has 1 aromatic rings. The zero-order valence-electron chi connectivity index (χ0n) is 17.0. The van der Waals surface area contributed by atoms with E-state index in [-0.39, 0.29) is 29.6 Å². The Hall–Kier alpha value is -1.06. The van der Waals surface area contributed by atoms with Gasteiger partial charge < -0.3 is 24.8 Å². The van der Waals surface area contributed by atoms with Crippen molar-refractivity contribution in [3.05, 3.63) is 29.8 Å². The summed E-state index contributed by atoms with van der Waals surface area (Å²) in [5, 5.41) is 6.77. The molecule has 6 nitrogen and oxygen atoms in total. The molecule has 3 rings (SSSR count). The lowest BCUT2D eigenvalue weighted by molar-refractivity contribution is -0.0855. The molecule has 0 unspecified atom stereocenters. The van der Waals surface area contributed by atoms with Gasteiger partial charge in [-0.3, -0.25) is 0 Å². The molecule has 2 aliphatic rings. The molecule has 0 radical (unpaired) electrons. The van der Waals surface area contributed by atoms with E-state index < -0.39 is 0 Å².